The molecule has 0 aliphatic rings. The summed E-state index contributed by atoms with van der Waals surface area (Å²) in [6.45, 7) is 3.39. The first-order valence-electron chi connectivity index (χ1n) is 5.48. The van der Waals surface area contributed by atoms with Gasteiger partial charge in [0, 0.05) is 0 Å². The molecule has 0 aliphatic heterocycles. The van der Waals surface area contributed by atoms with Crippen LogP contribution in [0.2, 0.25) is 5.15 Å². The Bertz CT molecular complexity index is 461. The summed E-state index contributed by atoms with van der Waals surface area (Å²) in [5.74, 6) is -1.67. The SMILES string of the molecule is CCC(CC)(NC(=O)c1cncc(Cl)n1)C(=O)O. The zero-order chi connectivity index (χ0) is 13.8. The molecule has 0 unspecified atom stereocenters. The Morgan fingerprint density at radius 2 is 2.00 bits per heavy atom. The Balaban J connectivity index is 2.95. The second kappa shape index (κ2) is 5.77. The van der Waals surface area contributed by atoms with Crippen molar-refractivity contribution >= 4 is 23.5 Å². The summed E-state index contributed by atoms with van der Waals surface area (Å²) in [7, 11) is 0. The van der Waals surface area contributed by atoms with Gasteiger partial charge in [0.2, 0.25) is 0 Å². The molecule has 0 saturated heterocycles. The number of carbonyl (C=O) groups excluding carboxylic acids is 1. The zero-order valence-electron chi connectivity index (χ0n) is 10.1. The van der Waals surface area contributed by atoms with Gasteiger partial charge in [-0.05, 0) is 12.8 Å². The summed E-state index contributed by atoms with van der Waals surface area (Å²) in [6, 6.07) is 0. The average molecular weight is 272 g/mol. The maximum Gasteiger partial charge on any atom is 0.329 e. The van der Waals surface area contributed by atoms with Crippen molar-refractivity contribution in [1.29, 1.82) is 0 Å². The highest BCUT2D eigenvalue weighted by molar-refractivity contribution is 6.29. The fourth-order valence-corrected chi connectivity index (χ4v) is 1.66. The number of carboxylic acid groups (broad SMARTS) is 1. The fourth-order valence-electron chi connectivity index (χ4n) is 1.52. The van der Waals surface area contributed by atoms with E-state index < -0.39 is 17.4 Å². The molecule has 98 valence electrons. The van der Waals surface area contributed by atoms with Gasteiger partial charge in [-0.1, -0.05) is 25.4 Å². The number of hydrogen-bond donors (Lipinski definition) is 2. The van der Waals surface area contributed by atoms with E-state index in [1.54, 1.807) is 13.8 Å². The van der Waals surface area contributed by atoms with Gasteiger partial charge in [0.25, 0.3) is 5.91 Å². The monoisotopic (exact) mass is 271 g/mol. The third-order valence-corrected chi connectivity index (χ3v) is 2.99. The summed E-state index contributed by atoms with van der Waals surface area (Å²) < 4.78 is 0. The molecule has 1 aromatic heterocycles. The average Bonchev–Trinajstić information content (AvgIpc) is 2.35. The molecular weight excluding hydrogens is 258 g/mol. The first-order chi connectivity index (χ1) is 8.45. The van der Waals surface area contributed by atoms with Crippen LogP contribution in [0.3, 0.4) is 0 Å². The van der Waals surface area contributed by atoms with Crippen molar-refractivity contribution < 1.29 is 14.7 Å². The zero-order valence-corrected chi connectivity index (χ0v) is 10.9. The van der Waals surface area contributed by atoms with Gasteiger partial charge in [0.05, 0.1) is 12.4 Å². The molecule has 6 nitrogen and oxygen atoms in total. The molecule has 0 atom stereocenters. The van der Waals surface area contributed by atoms with Gasteiger partial charge in [0.1, 0.15) is 16.4 Å². The summed E-state index contributed by atoms with van der Waals surface area (Å²) in [6.07, 6.45) is 3.08. The number of amides is 1. The number of aliphatic carboxylic acids is 1. The summed E-state index contributed by atoms with van der Waals surface area (Å²) in [5, 5.41) is 11.8. The lowest BCUT2D eigenvalue weighted by Gasteiger charge is -2.27. The van der Waals surface area contributed by atoms with Crippen LogP contribution in [0, 0.1) is 0 Å². The Morgan fingerprint density at radius 1 is 1.39 bits per heavy atom. The van der Waals surface area contributed by atoms with Crippen molar-refractivity contribution in [3.63, 3.8) is 0 Å². The minimum absolute atomic E-state index is 0.00461. The number of halogens is 1. The number of carbonyl (C=O) groups is 2. The normalized spacial score (nSPS) is 11.1. The Morgan fingerprint density at radius 3 is 2.44 bits per heavy atom. The molecule has 0 saturated carbocycles. The van der Waals surface area contributed by atoms with Gasteiger partial charge in [-0.2, -0.15) is 0 Å². The standard InChI is InChI=1S/C11H14ClN3O3/c1-3-11(4-2,10(17)18)15-9(16)7-5-13-6-8(12)14-7/h5-6H,3-4H2,1-2H3,(H,15,16)(H,17,18). The lowest BCUT2D eigenvalue weighted by Crippen LogP contribution is -2.53. The van der Waals surface area contributed by atoms with Crippen molar-refractivity contribution in [2.75, 3.05) is 0 Å². The minimum Gasteiger partial charge on any atom is -0.480 e. The Hall–Kier alpha value is -1.69. The van der Waals surface area contributed by atoms with Crippen molar-refractivity contribution in [1.82, 2.24) is 15.3 Å². The molecule has 18 heavy (non-hydrogen) atoms. The topological polar surface area (TPSA) is 92.2 Å². The van der Waals surface area contributed by atoms with E-state index in [4.69, 9.17) is 11.6 Å². The van der Waals surface area contributed by atoms with E-state index in [2.05, 4.69) is 15.3 Å². The summed E-state index contributed by atoms with van der Waals surface area (Å²) >= 11 is 5.62. The van der Waals surface area contributed by atoms with Crippen LogP contribution in [0.4, 0.5) is 0 Å². The molecule has 0 bridgehead atoms. The Labute approximate surface area is 109 Å². The molecule has 1 aromatic rings. The first-order valence-corrected chi connectivity index (χ1v) is 5.86. The first kappa shape index (κ1) is 14.4. The lowest BCUT2D eigenvalue weighted by atomic mass is 9.93. The van der Waals surface area contributed by atoms with Crippen LogP contribution in [0.5, 0.6) is 0 Å². The van der Waals surface area contributed by atoms with Gasteiger partial charge in [-0.25, -0.2) is 9.78 Å². The predicted molar refractivity (Wildman–Crippen MR) is 65.5 cm³/mol. The van der Waals surface area contributed by atoms with E-state index in [-0.39, 0.29) is 23.7 Å². The highest BCUT2D eigenvalue weighted by Gasteiger charge is 2.36. The van der Waals surface area contributed by atoms with Crippen LogP contribution in [-0.4, -0.2) is 32.5 Å². The van der Waals surface area contributed by atoms with Crippen molar-refractivity contribution in [3.8, 4) is 0 Å². The van der Waals surface area contributed by atoms with Gasteiger partial charge in [-0.3, -0.25) is 9.78 Å². The van der Waals surface area contributed by atoms with Crippen molar-refractivity contribution in [2.24, 2.45) is 0 Å². The van der Waals surface area contributed by atoms with Crippen molar-refractivity contribution in [2.45, 2.75) is 32.2 Å². The maximum absolute atomic E-state index is 11.9. The summed E-state index contributed by atoms with van der Waals surface area (Å²) in [4.78, 5) is 30.7. The molecule has 1 rings (SSSR count). The molecule has 0 aromatic carbocycles. The van der Waals surface area contributed by atoms with Crippen LogP contribution in [0.1, 0.15) is 37.2 Å². The van der Waals surface area contributed by atoms with Crippen LogP contribution >= 0.6 is 11.6 Å². The third-order valence-electron chi connectivity index (χ3n) is 2.81. The van der Waals surface area contributed by atoms with Gasteiger partial charge < -0.3 is 10.4 Å². The predicted octanol–water partition coefficient (Wildman–Crippen LogP) is 1.50. The molecule has 1 heterocycles. The molecule has 1 amide bonds. The van der Waals surface area contributed by atoms with Gasteiger partial charge >= 0.3 is 5.97 Å². The Kier molecular flexibility index (Phi) is 4.61. The van der Waals surface area contributed by atoms with Crippen LogP contribution in [0.25, 0.3) is 0 Å². The van der Waals surface area contributed by atoms with Gasteiger partial charge in [-0.15, -0.1) is 0 Å². The number of hydrogen-bond acceptors (Lipinski definition) is 4. The van der Waals surface area contributed by atoms with E-state index in [0.717, 1.165) is 0 Å². The van der Waals surface area contributed by atoms with Crippen LogP contribution in [-0.2, 0) is 4.79 Å². The van der Waals surface area contributed by atoms with Crippen molar-refractivity contribution in [3.05, 3.63) is 23.2 Å². The largest absolute Gasteiger partial charge is 0.480 e. The van der Waals surface area contributed by atoms with Gasteiger partial charge in [0.15, 0.2) is 0 Å². The lowest BCUT2D eigenvalue weighted by molar-refractivity contribution is -0.144. The molecule has 7 heteroatoms. The molecule has 2 N–H and O–H groups in total. The van der Waals surface area contributed by atoms with E-state index >= 15 is 0 Å². The maximum atomic E-state index is 11.9. The van der Waals surface area contributed by atoms with Crippen LogP contribution in [0.15, 0.2) is 12.4 Å². The van der Waals surface area contributed by atoms with Crippen LogP contribution < -0.4 is 5.32 Å². The molecule has 0 radical (unpaired) electrons. The second-order valence-corrected chi connectivity index (χ2v) is 4.16. The number of nitrogens with one attached hydrogen (secondary N) is 1. The van der Waals surface area contributed by atoms with E-state index in [9.17, 15) is 14.7 Å². The summed E-state index contributed by atoms with van der Waals surface area (Å²) in [5.41, 5.74) is -1.30. The quantitative estimate of drug-likeness (QED) is 0.847. The number of nitrogens with zero attached hydrogens (tertiary/aromatic N) is 2. The highest BCUT2D eigenvalue weighted by Crippen LogP contribution is 2.16. The van der Waals surface area contributed by atoms with E-state index in [1.165, 1.54) is 12.4 Å². The number of carboxylic acids is 1. The molecular formula is C11H14ClN3O3. The fraction of sp³-hybridized carbons (Fsp3) is 0.455. The molecule has 0 spiro atoms. The van der Waals surface area contributed by atoms with E-state index in [1.807, 2.05) is 0 Å². The highest BCUT2D eigenvalue weighted by atomic mass is 35.5. The second-order valence-electron chi connectivity index (χ2n) is 3.78. The smallest absolute Gasteiger partial charge is 0.329 e. The molecule has 0 aliphatic carbocycles. The third kappa shape index (κ3) is 2.95. The van der Waals surface area contributed by atoms with E-state index in [0.29, 0.717) is 0 Å². The molecule has 0 fully saturated rings. The number of aromatic nitrogens is 2. The number of rotatable bonds is 5. The minimum atomic E-state index is -1.29.